The molecule has 0 spiro atoms. The average molecular weight is 306 g/mol. The van der Waals surface area contributed by atoms with Gasteiger partial charge in [0.15, 0.2) is 0 Å². The zero-order valence-corrected chi connectivity index (χ0v) is 12.6. The lowest BCUT2D eigenvalue weighted by molar-refractivity contribution is 0.401. The molecule has 21 heavy (non-hydrogen) atoms. The van der Waals surface area contributed by atoms with Gasteiger partial charge in [-0.1, -0.05) is 18.2 Å². The van der Waals surface area contributed by atoms with Crippen LogP contribution in [0.2, 0.25) is 0 Å². The summed E-state index contributed by atoms with van der Waals surface area (Å²) in [6.07, 6.45) is 2.37. The Labute approximate surface area is 124 Å². The summed E-state index contributed by atoms with van der Waals surface area (Å²) in [7, 11) is -2.13. The number of rotatable bonds is 6. The van der Waals surface area contributed by atoms with Gasteiger partial charge in [0.1, 0.15) is 5.76 Å². The van der Waals surface area contributed by atoms with Crippen LogP contribution in [0.1, 0.15) is 18.6 Å². The first kappa shape index (κ1) is 14.2. The Bertz CT molecular complexity index is 706. The molecule has 1 aromatic carbocycles. The number of para-hydroxylation sites is 1. The van der Waals surface area contributed by atoms with Crippen molar-refractivity contribution < 1.29 is 12.8 Å². The van der Waals surface area contributed by atoms with E-state index >= 15 is 0 Å². The fraction of sp³-hybridized carbons (Fsp3) is 0.333. The molecule has 1 N–H and O–H groups in total. The van der Waals surface area contributed by atoms with Gasteiger partial charge < -0.3 is 9.73 Å². The predicted octanol–water partition coefficient (Wildman–Crippen LogP) is 2.36. The lowest BCUT2D eigenvalue weighted by atomic mass is 10.3. The van der Waals surface area contributed by atoms with E-state index in [1.54, 1.807) is 30.3 Å². The molecular weight excluding hydrogens is 288 g/mol. The van der Waals surface area contributed by atoms with E-state index in [1.807, 2.05) is 6.07 Å². The molecule has 5 nitrogen and oxygen atoms in total. The second-order valence-electron chi connectivity index (χ2n) is 5.18. The van der Waals surface area contributed by atoms with Crippen molar-refractivity contribution in [1.29, 1.82) is 0 Å². The van der Waals surface area contributed by atoms with Crippen LogP contribution in [0.25, 0.3) is 0 Å². The molecule has 0 amide bonds. The Balaban J connectivity index is 1.77. The molecule has 1 aliphatic rings. The number of nitrogens with zero attached hydrogens (tertiary/aromatic N) is 1. The highest BCUT2D eigenvalue weighted by atomic mass is 32.2. The van der Waals surface area contributed by atoms with Crippen LogP contribution in [0, 0.1) is 0 Å². The third-order valence-corrected chi connectivity index (χ3v) is 5.17. The maximum atomic E-state index is 12.5. The van der Waals surface area contributed by atoms with E-state index in [0.29, 0.717) is 24.0 Å². The second-order valence-corrected chi connectivity index (χ2v) is 7.08. The van der Waals surface area contributed by atoms with E-state index in [0.717, 1.165) is 0 Å². The molecule has 0 atom stereocenters. The van der Waals surface area contributed by atoms with Crippen LogP contribution in [0.4, 0.5) is 5.69 Å². The Morgan fingerprint density at radius 1 is 1.19 bits per heavy atom. The normalized spacial score (nSPS) is 15.1. The monoisotopic (exact) mass is 306 g/mol. The molecule has 0 saturated heterocycles. The molecule has 0 unspecified atom stereocenters. The molecule has 1 saturated carbocycles. The minimum absolute atomic E-state index is 0.0264. The quantitative estimate of drug-likeness (QED) is 0.890. The summed E-state index contributed by atoms with van der Waals surface area (Å²) < 4.78 is 31.7. The van der Waals surface area contributed by atoms with E-state index < -0.39 is 10.0 Å². The van der Waals surface area contributed by atoms with Gasteiger partial charge in [-0.25, -0.2) is 0 Å². The summed E-state index contributed by atoms with van der Waals surface area (Å²) in [5.74, 6) is 0.641. The smallest absolute Gasteiger partial charge is 0.297 e. The molecule has 1 heterocycles. The third-order valence-electron chi connectivity index (χ3n) is 3.51. The third kappa shape index (κ3) is 3.11. The summed E-state index contributed by atoms with van der Waals surface area (Å²) in [6.45, 7) is 0.565. The average Bonchev–Trinajstić information content (AvgIpc) is 3.21. The molecule has 3 rings (SSSR count). The number of anilines is 1. The van der Waals surface area contributed by atoms with E-state index in [4.69, 9.17) is 4.42 Å². The molecule has 1 fully saturated rings. The predicted molar refractivity (Wildman–Crippen MR) is 80.6 cm³/mol. The van der Waals surface area contributed by atoms with Crippen LogP contribution >= 0.6 is 0 Å². The van der Waals surface area contributed by atoms with Crippen molar-refractivity contribution in [3.05, 3.63) is 48.2 Å². The van der Waals surface area contributed by atoms with E-state index in [2.05, 4.69) is 5.32 Å². The first-order chi connectivity index (χ1) is 10.1. The van der Waals surface area contributed by atoms with Crippen molar-refractivity contribution in [3.63, 3.8) is 0 Å². The van der Waals surface area contributed by atoms with E-state index in [1.165, 1.54) is 30.3 Å². The highest BCUT2D eigenvalue weighted by Gasteiger charge is 2.26. The van der Waals surface area contributed by atoms with E-state index in [9.17, 15) is 8.42 Å². The SMILES string of the molecule is CN(c1ccccc1)S(=O)(=O)c1ccc(CNC2CC2)o1. The summed E-state index contributed by atoms with van der Waals surface area (Å²) in [5, 5.41) is 3.27. The van der Waals surface area contributed by atoms with Gasteiger partial charge >= 0.3 is 0 Å². The Morgan fingerprint density at radius 3 is 2.57 bits per heavy atom. The molecule has 2 aromatic rings. The summed E-state index contributed by atoms with van der Waals surface area (Å²) >= 11 is 0. The maximum Gasteiger partial charge on any atom is 0.297 e. The first-order valence-corrected chi connectivity index (χ1v) is 8.37. The van der Waals surface area contributed by atoms with Crippen molar-refractivity contribution >= 4 is 15.7 Å². The lowest BCUT2D eigenvalue weighted by Gasteiger charge is -2.17. The van der Waals surface area contributed by atoms with Crippen molar-refractivity contribution in [2.75, 3.05) is 11.4 Å². The Hall–Kier alpha value is -1.79. The van der Waals surface area contributed by atoms with Gasteiger partial charge in [0.05, 0.1) is 12.2 Å². The van der Waals surface area contributed by atoms with Gasteiger partial charge in [0.2, 0.25) is 5.09 Å². The van der Waals surface area contributed by atoms with Crippen LogP contribution < -0.4 is 9.62 Å². The zero-order chi connectivity index (χ0) is 14.9. The van der Waals surface area contributed by atoms with Gasteiger partial charge in [-0.3, -0.25) is 4.31 Å². The van der Waals surface area contributed by atoms with Crippen molar-refractivity contribution in [2.45, 2.75) is 30.5 Å². The fourth-order valence-corrected chi connectivity index (χ4v) is 3.16. The molecule has 0 aliphatic heterocycles. The molecule has 112 valence electrons. The number of hydrogen-bond acceptors (Lipinski definition) is 4. The van der Waals surface area contributed by atoms with Gasteiger partial charge in [0, 0.05) is 13.1 Å². The van der Waals surface area contributed by atoms with Crippen LogP contribution in [0.3, 0.4) is 0 Å². The molecule has 0 radical (unpaired) electrons. The molecule has 1 aromatic heterocycles. The highest BCUT2D eigenvalue weighted by molar-refractivity contribution is 7.92. The van der Waals surface area contributed by atoms with Crippen LogP contribution in [-0.2, 0) is 16.6 Å². The van der Waals surface area contributed by atoms with E-state index in [-0.39, 0.29) is 5.09 Å². The van der Waals surface area contributed by atoms with Crippen LogP contribution in [0.15, 0.2) is 52.0 Å². The molecule has 1 aliphatic carbocycles. The molecule has 0 bridgehead atoms. The largest absolute Gasteiger partial charge is 0.446 e. The molecule has 6 heteroatoms. The summed E-state index contributed by atoms with van der Waals surface area (Å²) in [6, 6.07) is 12.7. The standard InChI is InChI=1S/C15H18N2O3S/c1-17(13-5-3-2-4-6-13)21(18,19)15-10-9-14(20-15)11-16-12-7-8-12/h2-6,9-10,12,16H,7-8,11H2,1H3. The van der Waals surface area contributed by atoms with Crippen molar-refractivity contribution in [1.82, 2.24) is 5.32 Å². The minimum Gasteiger partial charge on any atom is -0.446 e. The summed E-state index contributed by atoms with van der Waals surface area (Å²) in [5.41, 5.74) is 0.603. The first-order valence-electron chi connectivity index (χ1n) is 6.93. The number of furan rings is 1. The summed E-state index contributed by atoms with van der Waals surface area (Å²) in [4.78, 5) is 0. The number of hydrogen-bond donors (Lipinski definition) is 1. The van der Waals surface area contributed by atoms with Gasteiger partial charge in [0.25, 0.3) is 10.0 Å². The van der Waals surface area contributed by atoms with Crippen molar-refractivity contribution in [3.8, 4) is 0 Å². The Morgan fingerprint density at radius 2 is 1.90 bits per heavy atom. The van der Waals surface area contributed by atoms with Crippen LogP contribution in [0.5, 0.6) is 0 Å². The number of benzene rings is 1. The minimum atomic E-state index is -3.66. The highest BCUT2D eigenvalue weighted by Crippen LogP contribution is 2.24. The van der Waals surface area contributed by atoms with Gasteiger partial charge in [-0.15, -0.1) is 0 Å². The van der Waals surface area contributed by atoms with Gasteiger partial charge in [-0.2, -0.15) is 8.42 Å². The lowest BCUT2D eigenvalue weighted by Crippen LogP contribution is -2.26. The van der Waals surface area contributed by atoms with Crippen LogP contribution in [-0.4, -0.2) is 21.5 Å². The number of nitrogens with one attached hydrogen (secondary N) is 1. The Kier molecular flexibility index (Phi) is 3.73. The van der Waals surface area contributed by atoms with Gasteiger partial charge in [-0.05, 0) is 37.1 Å². The number of sulfonamides is 1. The topological polar surface area (TPSA) is 62.6 Å². The molecular formula is C15H18N2O3S. The zero-order valence-electron chi connectivity index (χ0n) is 11.8. The van der Waals surface area contributed by atoms with Crippen molar-refractivity contribution in [2.24, 2.45) is 0 Å². The second kappa shape index (κ2) is 5.54. The maximum absolute atomic E-state index is 12.5. The fourth-order valence-electron chi connectivity index (χ4n) is 2.04.